The van der Waals surface area contributed by atoms with E-state index in [1.54, 1.807) is 4.40 Å². The topological polar surface area (TPSA) is 60.7 Å². The van der Waals surface area contributed by atoms with Gasteiger partial charge in [0.15, 0.2) is 4.96 Å². The zero-order valence-corrected chi connectivity index (χ0v) is 14.4. The van der Waals surface area contributed by atoms with E-state index >= 15 is 0 Å². The molecule has 0 N–H and O–H groups in total. The number of aromatic nitrogens is 2. The standard InChI is InChI=1S/C18H18N2O3S/c1-12(14-6-4-3-5-7-14)8-17(22)23-10-15-9-16(21)20-13(2)11-24-18(20)19-15/h3-7,9,11-12H,8,10H2,1-2H3/t12-/m0/s1. The van der Waals surface area contributed by atoms with Crippen LogP contribution in [0.15, 0.2) is 46.6 Å². The normalized spacial score (nSPS) is 12.2. The highest BCUT2D eigenvalue weighted by Crippen LogP contribution is 2.19. The minimum Gasteiger partial charge on any atom is -0.459 e. The molecule has 0 bridgehead atoms. The molecule has 3 rings (SSSR count). The molecule has 0 spiro atoms. The molecule has 0 saturated heterocycles. The van der Waals surface area contributed by atoms with E-state index in [4.69, 9.17) is 4.74 Å². The van der Waals surface area contributed by atoms with E-state index < -0.39 is 0 Å². The van der Waals surface area contributed by atoms with E-state index in [2.05, 4.69) is 4.98 Å². The van der Waals surface area contributed by atoms with Crippen molar-refractivity contribution >= 4 is 22.3 Å². The fourth-order valence-electron chi connectivity index (χ4n) is 2.54. The molecule has 124 valence electrons. The Labute approximate surface area is 143 Å². The van der Waals surface area contributed by atoms with E-state index in [0.717, 1.165) is 11.3 Å². The summed E-state index contributed by atoms with van der Waals surface area (Å²) in [7, 11) is 0. The maximum atomic E-state index is 12.1. The molecule has 0 aliphatic rings. The molecule has 1 aromatic carbocycles. The lowest BCUT2D eigenvalue weighted by atomic mass is 9.98. The van der Waals surface area contributed by atoms with E-state index in [1.165, 1.54) is 17.4 Å². The van der Waals surface area contributed by atoms with Crippen molar-refractivity contribution in [3.05, 3.63) is 69.1 Å². The molecule has 0 aliphatic carbocycles. The third kappa shape index (κ3) is 3.54. The first-order valence-electron chi connectivity index (χ1n) is 7.72. The summed E-state index contributed by atoms with van der Waals surface area (Å²) in [6, 6.07) is 11.3. The Morgan fingerprint density at radius 1 is 1.33 bits per heavy atom. The van der Waals surface area contributed by atoms with E-state index in [9.17, 15) is 9.59 Å². The highest BCUT2D eigenvalue weighted by molar-refractivity contribution is 7.15. The fourth-order valence-corrected chi connectivity index (χ4v) is 3.43. The number of thiazole rings is 1. The van der Waals surface area contributed by atoms with Crippen LogP contribution in [0.1, 0.15) is 36.2 Å². The van der Waals surface area contributed by atoms with Gasteiger partial charge in [-0.15, -0.1) is 11.3 Å². The zero-order chi connectivity index (χ0) is 17.1. The number of esters is 1. The molecule has 2 aromatic heterocycles. The summed E-state index contributed by atoms with van der Waals surface area (Å²) < 4.78 is 6.84. The molecule has 1 atom stereocenters. The molecule has 0 fully saturated rings. The van der Waals surface area contributed by atoms with Gasteiger partial charge in [-0.1, -0.05) is 37.3 Å². The summed E-state index contributed by atoms with van der Waals surface area (Å²) in [6.45, 7) is 3.86. The first-order chi connectivity index (χ1) is 11.5. The van der Waals surface area contributed by atoms with Crippen molar-refractivity contribution in [3.8, 4) is 0 Å². The maximum absolute atomic E-state index is 12.1. The molecule has 5 nitrogen and oxygen atoms in total. The van der Waals surface area contributed by atoms with Gasteiger partial charge in [-0.2, -0.15) is 0 Å². The van der Waals surface area contributed by atoms with Gasteiger partial charge in [0, 0.05) is 17.1 Å². The number of fused-ring (bicyclic) bond motifs is 1. The summed E-state index contributed by atoms with van der Waals surface area (Å²) in [5.41, 5.74) is 2.28. The molecule has 0 aliphatic heterocycles. The predicted molar refractivity (Wildman–Crippen MR) is 93.3 cm³/mol. The van der Waals surface area contributed by atoms with Gasteiger partial charge in [-0.05, 0) is 18.4 Å². The Bertz CT molecular complexity index is 915. The van der Waals surface area contributed by atoms with Crippen molar-refractivity contribution in [2.45, 2.75) is 32.8 Å². The van der Waals surface area contributed by atoms with Gasteiger partial charge in [0.2, 0.25) is 0 Å². The zero-order valence-electron chi connectivity index (χ0n) is 13.6. The third-order valence-corrected chi connectivity index (χ3v) is 4.79. The second-order valence-corrected chi connectivity index (χ2v) is 6.59. The summed E-state index contributed by atoms with van der Waals surface area (Å²) in [5.74, 6) is -0.213. The number of benzene rings is 1. The maximum Gasteiger partial charge on any atom is 0.306 e. The number of aryl methyl sites for hydroxylation is 1. The number of hydrogen-bond donors (Lipinski definition) is 0. The lowest BCUT2D eigenvalue weighted by molar-refractivity contribution is -0.145. The first-order valence-corrected chi connectivity index (χ1v) is 8.60. The van der Waals surface area contributed by atoms with Crippen molar-refractivity contribution in [2.24, 2.45) is 0 Å². The SMILES string of the molecule is Cc1csc2nc(COC(=O)C[C@H](C)c3ccccc3)cc(=O)n12. The minimum atomic E-state index is -0.296. The first kappa shape index (κ1) is 16.4. The number of hydrogen-bond acceptors (Lipinski definition) is 5. The molecule has 3 aromatic rings. The van der Waals surface area contributed by atoms with Gasteiger partial charge < -0.3 is 4.74 Å². The monoisotopic (exact) mass is 342 g/mol. The smallest absolute Gasteiger partial charge is 0.306 e. The number of nitrogens with zero attached hydrogens (tertiary/aromatic N) is 2. The third-order valence-electron chi connectivity index (χ3n) is 3.85. The van der Waals surface area contributed by atoms with Crippen LogP contribution >= 0.6 is 11.3 Å². The van der Waals surface area contributed by atoms with Gasteiger partial charge in [0.25, 0.3) is 5.56 Å². The van der Waals surface area contributed by atoms with Gasteiger partial charge in [-0.3, -0.25) is 14.0 Å². The van der Waals surface area contributed by atoms with E-state index in [0.29, 0.717) is 17.1 Å². The van der Waals surface area contributed by atoms with E-state index in [1.807, 2.05) is 49.6 Å². The van der Waals surface area contributed by atoms with Crippen LogP contribution in [0.2, 0.25) is 0 Å². The van der Waals surface area contributed by atoms with Crippen molar-refractivity contribution in [1.29, 1.82) is 0 Å². The quantitative estimate of drug-likeness (QED) is 0.668. The number of carbonyl (C=O) groups excluding carboxylic acids is 1. The highest BCUT2D eigenvalue weighted by atomic mass is 32.1. The van der Waals surface area contributed by atoms with E-state index in [-0.39, 0.29) is 24.1 Å². The summed E-state index contributed by atoms with van der Waals surface area (Å²) in [6.07, 6.45) is 0.295. The lowest BCUT2D eigenvalue weighted by Gasteiger charge is -2.11. The van der Waals surface area contributed by atoms with Crippen LogP contribution in [-0.2, 0) is 16.1 Å². The van der Waals surface area contributed by atoms with Crippen LogP contribution in [0.25, 0.3) is 4.96 Å². The van der Waals surface area contributed by atoms with Crippen LogP contribution in [0.5, 0.6) is 0 Å². The average Bonchev–Trinajstić information content (AvgIpc) is 2.95. The summed E-state index contributed by atoms with van der Waals surface area (Å²) in [5, 5.41) is 1.88. The average molecular weight is 342 g/mol. The van der Waals surface area contributed by atoms with Gasteiger partial charge in [-0.25, -0.2) is 4.98 Å². The highest BCUT2D eigenvalue weighted by Gasteiger charge is 2.13. The Kier molecular flexibility index (Phi) is 4.76. The number of rotatable bonds is 5. The predicted octanol–water partition coefficient (Wildman–Crippen LogP) is 3.30. The molecule has 24 heavy (non-hydrogen) atoms. The van der Waals surface area contributed by atoms with Crippen molar-refractivity contribution in [3.63, 3.8) is 0 Å². The van der Waals surface area contributed by atoms with Gasteiger partial charge >= 0.3 is 5.97 Å². The van der Waals surface area contributed by atoms with Crippen LogP contribution in [0.4, 0.5) is 0 Å². The number of ether oxygens (including phenoxy) is 1. The molecule has 0 saturated carbocycles. The van der Waals surface area contributed by atoms with Crippen molar-refractivity contribution < 1.29 is 9.53 Å². The lowest BCUT2D eigenvalue weighted by Crippen LogP contribution is -2.16. The molecular formula is C18H18N2O3S. The minimum absolute atomic E-state index is 0.0169. The molecule has 2 heterocycles. The van der Waals surface area contributed by atoms with Gasteiger partial charge in [0.1, 0.15) is 6.61 Å². The molecular weight excluding hydrogens is 324 g/mol. The Morgan fingerprint density at radius 3 is 2.83 bits per heavy atom. The van der Waals surface area contributed by atoms with Crippen molar-refractivity contribution in [2.75, 3.05) is 0 Å². The molecule has 0 amide bonds. The Balaban J connectivity index is 1.63. The molecule has 0 radical (unpaired) electrons. The number of carbonyl (C=O) groups is 1. The largest absolute Gasteiger partial charge is 0.459 e. The Morgan fingerprint density at radius 2 is 2.08 bits per heavy atom. The fraction of sp³-hybridized carbons (Fsp3) is 0.278. The molecule has 0 unspecified atom stereocenters. The van der Waals surface area contributed by atoms with Crippen LogP contribution < -0.4 is 5.56 Å². The molecule has 6 heteroatoms. The van der Waals surface area contributed by atoms with Crippen molar-refractivity contribution in [1.82, 2.24) is 9.38 Å². The summed E-state index contributed by atoms with van der Waals surface area (Å²) >= 11 is 1.40. The van der Waals surface area contributed by atoms with Crippen LogP contribution in [0.3, 0.4) is 0 Å². The second-order valence-electron chi connectivity index (χ2n) is 5.76. The van der Waals surface area contributed by atoms with Gasteiger partial charge in [0.05, 0.1) is 12.1 Å². The Hall–Kier alpha value is -2.47. The van der Waals surface area contributed by atoms with Crippen LogP contribution in [0, 0.1) is 6.92 Å². The summed E-state index contributed by atoms with van der Waals surface area (Å²) in [4.78, 5) is 29.1. The van der Waals surface area contributed by atoms with Crippen LogP contribution in [-0.4, -0.2) is 15.4 Å². The second kappa shape index (κ2) is 6.97.